The molecule has 0 aliphatic carbocycles. The van der Waals surface area contributed by atoms with E-state index in [2.05, 4.69) is 20.9 Å². The molecule has 0 unspecified atom stereocenters. The third-order valence-corrected chi connectivity index (χ3v) is 4.74. The van der Waals surface area contributed by atoms with Crippen LogP contribution in [0.15, 0.2) is 75.2 Å². The maximum atomic E-state index is 13.2. The summed E-state index contributed by atoms with van der Waals surface area (Å²) < 4.78 is 15.7. The van der Waals surface area contributed by atoms with Gasteiger partial charge in [-0.25, -0.2) is 9.37 Å². The van der Waals surface area contributed by atoms with Crippen LogP contribution < -0.4 is 5.56 Å². The molecule has 0 aliphatic rings. The van der Waals surface area contributed by atoms with Crippen LogP contribution in [-0.4, -0.2) is 9.55 Å². The topological polar surface area (TPSA) is 34.9 Å². The molecule has 1 heterocycles. The average molecular weight is 391 g/mol. The molecule has 0 amide bonds. The van der Waals surface area contributed by atoms with Gasteiger partial charge in [0.2, 0.25) is 0 Å². The zero-order valence-electron chi connectivity index (χ0n) is 11.9. The summed E-state index contributed by atoms with van der Waals surface area (Å²) in [5, 5.41) is 0.389. The van der Waals surface area contributed by atoms with Crippen molar-refractivity contribution < 1.29 is 4.39 Å². The van der Waals surface area contributed by atoms with Crippen LogP contribution in [0.25, 0.3) is 5.69 Å². The van der Waals surface area contributed by atoms with Crippen molar-refractivity contribution in [3.8, 4) is 5.69 Å². The molecule has 1 aromatic heterocycles. The molecule has 0 atom stereocenters. The van der Waals surface area contributed by atoms with Crippen LogP contribution in [0.3, 0.4) is 0 Å². The van der Waals surface area contributed by atoms with E-state index in [4.69, 9.17) is 0 Å². The Balaban J connectivity index is 1.85. The number of thioether (sulfide) groups is 1. The molecule has 0 saturated carbocycles. The Morgan fingerprint density at radius 2 is 1.96 bits per heavy atom. The second-order valence-electron chi connectivity index (χ2n) is 4.80. The van der Waals surface area contributed by atoms with E-state index in [0.29, 0.717) is 10.8 Å². The molecule has 6 heteroatoms. The van der Waals surface area contributed by atoms with Gasteiger partial charge in [-0.2, -0.15) is 0 Å². The van der Waals surface area contributed by atoms with E-state index in [0.717, 1.165) is 15.7 Å². The Labute approximate surface area is 145 Å². The van der Waals surface area contributed by atoms with Crippen LogP contribution >= 0.6 is 27.7 Å². The summed E-state index contributed by atoms with van der Waals surface area (Å²) in [5.41, 5.74) is 1.40. The lowest BCUT2D eigenvalue weighted by Gasteiger charge is -2.07. The van der Waals surface area contributed by atoms with E-state index < -0.39 is 0 Å². The van der Waals surface area contributed by atoms with Gasteiger partial charge in [0.25, 0.3) is 5.56 Å². The van der Waals surface area contributed by atoms with Crippen molar-refractivity contribution in [3.63, 3.8) is 0 Å². The molecule has 3 nitrogen and oxygen atoms in total. The van der Waals surface area contributed by atoms with Crippen molar-refractivity contribution in [2.75, 3.05) is 0 Å². The second kappa shape index (κ2) is 7.10. The van der Waals surface area contributed by atoms with Gasteiger partial charge in [-0.05, 0) is 42.0 Å². The van der Waals surface area contributed by atoms with E-state index in [1.54, 1.807) is 23.0 Å². The monoisotopic (exact) mass is 390 g/mol. The zero-order chi connectivity index (χ0) is 16.2. The van der Waals surface area contributed by atoms with Crippen LogP contribution in [0.2, 0.25) is 0 Å². The minimum atomic E-state index is -0.281. The first-order valence-electron chi connectivity index (χ1n) is 6.84. The Hall–Kier alpha value is -1.92. The van der Waals surface area contributed by atoms with Gasteiger partial charge in [0.05, 0.1) is 0 Å². The zero-order valence-corrected chi connectivity index (χ0v) is 14.3. The van der Waals surface area contributed by atoms with Crippen LogP contribution in [0.4, 0.5) is 4.39 Å². The fourth-order valence-corrected chi connectivity index (χ4v) is 3.18. The van der Waals surface area contributed by atoms with Crippen molar-refractivity contribution in [3.05, 3.63) is 87.1 Å². The van der Waals surface area contributed by atoms with Gasteiger partial charge in [-0.3, -0.25) is 9.36 Å². The Morgan fingerprint density at radius 1 is 1.17 bits per heavy atom. The molecule has 2 aromatic carbocycles. The molecule has 0 radical (unpaired) electrons. The van der Waals surface area contributed by atoms with Crippen LogP contribution in [0.5, 0.6) is 0 Å². The van der Waals surface area contributed by atoms with Crippen LogP contribution in [0, 0.1) is 5.82 Å². The average Bonchev–Trinajstić information content (AvgIpc) is 2.55. The summed E-state index contributed by atoms with van der Waals surface area (Å²) in [6.07, 6.45) is 3.23. The summed E-state index contributed by atoms with van der Waals surface area (Å²) in [4.78, 5) is 16.7. The number of hydrogen-bond donors (Lipinski definition) is 0. The van der Waals surface area contributed by atoms with Crippen molar-refractivity contribution in [2.45, 2.75) is 10.8 Å². The van der Waals surface area contributed by atoms with Gasteiger partial charge in [-0.15, -0.1) is 0 Å². The first-order chi connectivity index (χ1) is 11.1. The lowest BCUT2D eigenvalue weighted by atomic mass is 10.2. The maximum Gasteiger partial charge on any atom is 0.287 e. The van der Waals surface area contributed by atoms with Crippen molar-refractivity contribution in [2.24, 2.45) is 0 Å². The van der Waals surface area contributed by atoms with E-state index in [1.165, 1.54) is 23.9 Å². The van der Waals surface area contributed by atoms with Crippen LogP contribution in [-0.2, 0) is 5.75 Å². The molecule has 0 bridgehead atoms. The SMILES string of the molecule is O=c1c(SCc2cccc(F)c2)nccn1-c1ccc(Br)cc1. The third kappa shape index (κ3) is 3.89. The van der Waals surface area contributed by atoms with Gasteiger partial charge in [0, 0.05) is 28.3 Å². The highest BCUT2D eigenvalue weighted by Crippen LogP contribution is 2.19. The summed E-state index contributed by atoms with van der Waals surface area (Å²) in [6.45, 7) is 0. The van der Waals surface area contributed by atoms with Crippen molar-refractivity contribution in [1.82, 2.24) is 9.55 Å². The first-order valence-corrected chi connectivity index (χ1v) is 8.62. The largest absolute Gasteiger partial charge is 0.287 e. The van der Waals surface area contributed by atoms with E-state index in [9.17, 15) is 9.18 Å². The molecular formula is C17H12BrFN2OS. The number of aromatic nitrogens is 2. The first kappa shape index (κ1) is 16.0. The standard InChI is InChI=1S/C17H12BrFN2OS/c18-13-4-6-15(7-5-13)21-9-8-20-16(17(21)22)23-11-12-2-1-3-14(19)10-12/h1-10H,11H2. The lowest BCUT2D eigenvalue weighted by molar-refractivity contribution is 0.626. The molecule has 0 N–H and O–H groups in total. The summed E-state index contributed by atoms with van der Waals surface area (Å²) >= 11 is 4.67. The quantitative estimate of drug-likeness (QED) is 0.618. The Kier molecular flexibility index (Phi) is 4.93. The predicted molar refractivity (Wildman–Crippen MR) is 93.5 cm³/mol. The van der Waals surface area contributed by atoms with Gasteiger partial charge >= 0.3 is 0 Å². The highest BCUT2D eigenvalue weighted by molar-refractivity contribution is 9.10. The summed E-state index contributed by atoms with van der Waals surface area (Å²) in [7, 11) is 0. The Bertz CT molecular complexity index is 880. The fourth-order valence-electron chi connectivity index (χ4n) is 2.08. The van der Waals surface area contributed by atoms with Crippen LogP contribution in [0.1, 0.15) is 5.56 Å². The molecule has 0 aliphatic heterocycles. The van der Waals surface area contributed by atoms with Crippen molar-refractivity contribution >= 4 is 27.7 Å². The number of benzene rings is 2. The minimum absolute atomic E-state index is 0.184. The lowest BCUT2D eigenvalue weighted by Crippen LogP contribution is -2.20. The minimum Gasteiger partial charge on any atom is -0.280 e. The number of rotatable bonds is 4. The smallest absolute Gasteiger partial charge is 0.280 e. The number of hydrogen-bond acceptors (Lipinski definition) is 3. The molecule has 0 spiro atoms. The molecule has 0 saturated heterocycles. The molecule has 116 valence electrons. The highest BCUT2D eigenvalue weighted by atomic mass is 79.9. The van der Waals surface area contributed by atoms with Gasteiger partial charge in [0.1, 0.15) is 5.82 Å². The molecular weight excluding hydrogens is 379 g/mol. The van der Waals surface area contributed by atoms with Gasteiger partial charge < -0.3 is 0 Å². The molecule has 3 aromatic rings. The number of halogens is 2. The Morgan fingerprint density at radius 3 is 2.70 bits per heavy atom. The van der Waals surface area contributed by atoms with E-state index in [1.807, 2.05) is 30.3 Å². The maximum absolute atomic E-state index is 13.2. The normalized spacial score (nSPS) is 10.7. The summed E-state index contributed by atoms with van der Waals surface area (Å²) in [5.74, 6) is 0.209. The molecule has 23 heavy (non-hydrogen) atoms. The van der Waals surface area contributed by atoms with E-state index in [-0.39, 0.29) is 11.4 Å². The van der Waals surface area contributed by atoms with Gasteiger partial charge in [0.15, 0.2) is 5.03 Å². The molecule has 3 rings (SSSR count). The molecule has 0 fully saturated rings. The fraction of sp³-hybridized carbons (Fsp3) is 0.0588. The summed E-state index contributed by atoms with van der Waals surface area (Å²) in [6, 6.07) is 13.8. The van der Waals surface area contributed by atoms with Crippen molar-refractivity contribution in [1.29, 1.82) is 0 Å². The highest BCUT2D eigenvalue weighted by Gasteiger charge is 2.08. The third-order valence-electron chi connectivity index (χ3n) is 3.18. The van der Waals surface area contributed by atoms with E-state index >= 15 is 0 Å². The predicted octanol–water partition coefficient (Wildman–Crippen LogP) is 4.43. The van der Waals surface area contributed by atoms with Gasteiger partial charge in [-0.1, -0.05) is 39.8 Å². The number of nitrogens with zero attached hydrogens (tertiary/aromatic N) is 2. The second-order valence-corrected chi connectivity index (χ2v) is 6.68.